The molecule has 3 aromatic carbocycles. The van der Waals surface area contributed by atoms with Gasteiger partial charge in [0.15, 0.2) is 0 Å². The van der Waals surface area contributed by atoms with Gasteiger partial charge in [0.05, 0.1) is 37.2 Å². The van der Waals surface area contributed by atoms with Gasteiger partial charge >= 0.3 is 23.9 Å². The van der Waals surface area contributed by atoms with Crippen LogP contribution in [0.15, 0.2) is 72.4 Å². The lowest BCUT2D eigenvalue weighted by Gasteiger charge is -2.26. The Morgan fingerprint density at radius 1 is 0.704 bits per heavy atom. The van der Waals surface area contributed by atoms with Gasteiger partial charge in [-0.1, -0.05) is 30.8 Å². The van der Waals surface area contributed by atoms with E-state index in [-0.39, 0.29) is 41.2 Å². The monoisotopic (exact) mass is 740 g/mol. The van der Waals surface area contributed by atoms with Crippen molar-refractivity contribution in [3.63, 3.8) is 0 Å². The van der Waals surface area contributed by atoms with Gasteiger partial charge in [-0.05, 0) is 107 Å². The maximum absolute atomic E-state index is 13.4. The zero-order chi connectivity index (χ0) is 38.3. The number of fused-ring (bicyclic) bond motifs is 1. The predicted molar refractivity (Wildman–Crippen MR) is 201 cm³/mol. The van der Waals surface area contributed by atoms with Crippen molar-refractivity contribution in [1.82, 2.24) is 0 Å². The molecule has 286 valence electrons. The van der Waals surface area contributed by atoms with Gasteiger partial charge in [0.2, 0.25) is 0 Å². The van der Waals surface area contributed by atoms with Crippen molar-refractivity contribution in [2.45, 2.75) is 77.0 Å². The van der Waals surface area contributed by atoms with Gasteiger partial charge < -0.3 is 34.3 Å². The SMILES string of the molecule is C=CC(=O)OCCCCCCOc1ccc(OC(=O)C2CCC(C(=O)Oc3cc(/C=N/N)c(OC(=O)C4CCC(C=O)CC4)c4ccccc34)CC2)cc1. The van der Waals surface area contributed by atoms with E-state index in [4.69, 9.17) is 29.5 Å². The van der Waals surface area contributed by atoms with Gasteiger partial charge in [-0.25, -0.2) is 4.79 Å². The molecule has 0 bridgehead atoms. The van der Waals surface area contributed by atoms with Crippen molar-refractivity contribution in [3.8, 4) is 23.0 Å². The summed E-state index contributed by atoms with van der Waals surface area (Å²) >= 11 is 0. The summed E-state index contributed by atoms with van der Waals surface area (Å²) in [4.78, 5) is 61.9. The quantitative estimate of drug-likeness (QED) is 0.0220. The Bertz CT molecular complexity index is 1810. The number of ether oxygens (including phenoxy) is 5. The first-order valence-corrected chi connectivity index (χ1v) is 18.7. The highest BCUT2D eigenvalue weighted by atomic mass is 16.5. The van der Waals surface area contributed by atoms with Crippen LogP contribution in [0.5, 0.6) is 23.0 Å². The molecular weight excluding hydrogens is 692 g/mol. The van der Waals surface area contributed by atoms with E-state index in [1.165, 1.54) is 6.21 Å². The van der Waals surface area contributed by atoms with Crippen LogP contribution in [0.4, 0.5) is 0 Å². The van der Waals surface area contributed by atoms with Crippen LogP contribution in [0.25, 0.3) is 10.8 Å². The number of esters is 4. The molecule has 0 aliphatic heterocycles. The maximum atomic E-state index is 13.4. The number of hydrogen-bond acceptors (Lipinski definition) is 12. The molecule has 2 saturated carbocycles. The summed E-state index contributed by atoms with van der Waals surface area (Å²) in [5, 5.41) is 4.81. The molecule has 2 fully saturated rings. The van der Waals surface area contributed by atoms with E-state index in [2.05, 4.69) is 11.7 Å². The third-order valence-corrected chi connectivity index (χ3v) is 10.1. The lowest BCUT2D eigenvalue weighted by molar-refractivity contribution is -0.145. The van der Waals surface area contributed by atoms with Crippen molar-refractivity contribution < 1.29 is 47.7 Å². The first-order chi connectivity index (χ1) is 26.3. The third-order valence-electron chi connectivity index (χ3n) is 10.1. The van der Waals surface area contributed by atoms with E-state index in [0.717, 1.165) is 38.0 Å². The van der Waals surface area contributed by atoms with Crippen LogP contribution in [-0.2, 0) is 28.7 Å². The van der Waals surface area contributed by atoms with E-state index in [9.17, 15) is 24.0 Å². The maximum Gasteiger partial charge on any atom is 0.330 e. The Kier molecular flexibility index (Phi) is 14.8. The lowest BCUT2D eigenvalue weighted by Crippen LogP contribution is -2.30. The third kappa shape index (κ3) is 11.0. The van der Waals surface area contributed by atoms with Crippen molar-refractivity contribution in [2.24, 2.45) is 34.6 Å². The van der Waals surface area contributed by atoms with Gasteiger partial charge in [0.25, 0.3) is 0 Å². The number of carbonyl (C=O) groups excluding carboxylic acids is 5. The summed E-state index contributed by atoms with van der Waals surface area (Å²) in [6, 6.07) is 15.7. The first kappa shape index (κ1) is 39.7. The molecule has 0 radical (unpaired) electrons. The smallest absolute Gasteiger partial charge is 0.330 e. The van der Waals surface area contributed by atoms with Gasteiger partial charge in [0, 0.05) is 28.3 Å². The normalized spacial score (nSPS) is 19.8. The zero-order valence-electron chi connectivity index (χ0n) is 30.5. The number of hydrazone groups is 1. The van der Waals surface area contributed by atoms with Crippen molar-refractivity contribution in [3.05, 3.63) is 72.8 Å². The van der Waals surface area contributed by atoms with Crippen LogP contribution in [0, 0.1) is 23.7 Å². The van der Waals surface area contributed by atoms with Crippen molar-refractivity contribution in [2.75, 3.05) is 13.2 Å². The average molecular weight is 741 g/mol. The fourth-order valence-corrected chi connectivity index (χ4v) is 6.92. The highest BCUT2D eigenvalue weighted by Crippen LogP contribution is 2.39. The fourth-order valence-electron chi connectivity index (χ4n) is 6.92. The van der Waals surface area contributed by atoms with E-state index in [0.29, 0.717) is 92.4 Å². The molecule has 2 aliphatic rings. The predicted octanol–water partition coefficient (Wildman–Crippen LogP) is 7.03. The largest absolute Gasteiger partial charge is 0.494 e. The second-order valence-electron chi connectivity index (χ2n) is 13.8. The number of rotatable bonds is 17. The minimum Gasteiger partial charge on any atom is -0.494 e. The molecular formula is C42H48N2O10. The van der Waals surface area contributed by atoms with E-state index in [1.54, 1.807) is 54.6 Å². The molecule has 0 unspecified atom stereocenters. The van der Waals surface area contributed by atoms with Crippen LogP contribution in [0.2, 0.25) is 0 Å². The standard InChI is InChI=1S/C42H48N2O10/c1-2-38(46)51-24-8-4-3-7-23-50-33-19-21-34(22-20-33)52-40(47)30-15-17-31(18-16-30)41(48)53-37-25-32(26-44-43)39(36-10-6-5-9-35(36)37)54-42(49)29-13-11-28(27-45)12-14-29/h2,5-6,9-10,19-22,25-31H,1,3-4,7-8,11-18,23-24,43H2/b44-26+. The Balaban J connectivity index is 1.10. The number of aldehydes is 1. The van der Waals surface area contributed by atoms with E-state index in [1.807, 2.05) is 0 Å². The molecule has 0 amide bonds. The van der Waals surface area contributed by atoms with Crippen LogP contribution in [-0.4, -0.2) is 49.6 Å². The summed E-state index contributed by atoms with van der Waals surface area (Å²) in [6.07, 6.45) is 11.3. The molecule has 0 aromatic heterocycles. The molecule has 5 rings (SSSR count). The summed E-state index contributed by atoms with van der Waals surface area (Å²) in [5.74, 6) is 4.52. The molecule has 12 nitrogen and oxygen atoms in total. The molecule has 0 saturated heterocycles. The first-order valence-electron chi connectivity index (χ1n) is 18.7. The number of unbranched alkanes of at least 4 members (excludes halogenated alkanes) is 3. The van der Waals surface area contributed by atoms with Crippen LogP contribution in [0.1, 0.15) is 82.6 Å². The van der Waals surface area contributed by atoms with Crippen LogP contribution >= 0.6 is 0 Å². The molecule has 3 aromatic rings. The molecule has 12 heteroatoms. The minimum absolute atomic E-state index is 0.0274. The molecule has 2 aliphatic carbocycles. The number of nitrogens with zero attached hydrogens (tertiary/aromatic N) is 1. The molecule has 0 spiro atoms. The number of nitrogens with two attached hydrogens (primary N) is 1. The summed E-state index contributed by atoms with van der Waals surface area (Å²) < 4.78 is 28.3. The number of hydrogen-bond donors (Lipinski definition) is 1. The Labute approximate surface area is 315 Å². The van der Waals surface area contributed by atoms with Gasteiger partial charge in [-0.15, -0.1) is 0 Å². The Morgan fingerprint density at radius 3 is 1.87 bits per heavy atom. The average Bonchev–Trinajstić information content (AvgIpc) is 3.20. The zero-order valence-corrected chi connectivity index (χ0v) is 30.5. The molecule has 2 N–H and O–H groups in total. The van der Waals surface area contributed by atoms with Gasteiger partial charge in [-0.3, -0.25) is 14.4 Å². The fraction of sp³-hybridized carbons (Fsp3) is 0.429. The minimum atomic E-state index is -0.413. The topological polar surface area (TPSA) is 170 Å². The second-order valence-corrected chi connectivity index (χ2v) is 13.8. The molecule has 0 atom stereocenters. The Hall–Kier alpha value is -5.52. The second kappa shape index (κ2) is 20.1. The number of carbonyl (C=O) groups is 5. The van der Waals surface area contributed by atoms with E-state index >= 15 is 0 Å². The number of benzene rings is 3. The highest BCUT2D eigenvalue weighted by molar-refractivity contribution is 6.03. The van der Waals surface area contributed by atoms with Crippen LogP contribution in [0.3, 0.4) is 0 Å². The van der Waals surface area contributed by atoms with Gasteiger partial charge in [0.1, 0.15) is 29.3 Å². The van der Waals surface area contributed by atoms with Gasteiger partial charge in [-0.2, -0.15) is 5.10 Å². The van der Waals surface area contributed by atoms with Crippen LogP contribution < -0.4 is 24.8 Å². The molecule has 54 heavy (non-hydrogen) atoms. The lowest BCUT2D eigenvalue weighted by atomic mass is 9.82. The summed E-state index contributed by atoms with van der Waals surface area (Å²) in [6.45, 7) is 4.30. The highest BCUT2D eigenvalue weighted by Gasteiger charge is 2.33. The Morgan fingerprint density at radius 2 is 1.26 bits per heavy atom. The van der Waals surface area contributed by atoms with E-state index < -0.39 is 17.9 Å². The summed E-state index contributed by atoms with van der Waals surface area (Å²) in [5.41, 5.74) is 0.386. The van der Waals surface area contributed by atoms with Crippen molar-refractivity contribution >= 4 is 47.2 Å². The molecule has 0 heterocycles. The van der Waals surface area contributed by atoms with Crippen molar-refractivity contribution in [1.29, 1.82) is 0 Å². The summed E-state index contributed by atoms with van der Waals surface area (Å²) in [7, 11) is 0.